The van der Waals surface area contributed by atoms with E-state index in [-0.39, 0.29) is 0 Å². The summed E-state index contributed by atoms with van der Waals surface area (Å²) in [5.74, 6) is 0. The second-order valence-electron chi connectivity index (χ2n) is 3.33. The zero-order valence-corrected chi connectivity index (χ0v) is 6.31. The highest BCUT2D eigenvalue weighted by molar-refractivity contribution is 6.24. The van der Waals surface area contributed by atoms with E-state index in [1.807, 2.05) is 0 Å². The summed E-state index contributed by atoms with van der Waals surface area (Å²) in [6.07, 6.45) is 0. The zero-order chi connectivity index (χ0) is 7.71. The van der Waals surface area contributed by atoms with Crippen molar-refractivity contribution in [2.45, 2.75) is 0 Å². The Kier molecular flexibility index (Phi) is 0.541. The van der Waals surface area contributed by atoms with E-state index in [4.69, 9.17) is 0 Å². The van der Waals surface area contributed by atoms with Crippen LogP contribution < -0.4 is 10.6 Å². The molecule has 3 aliphatic rings. The van der Waals surface area contributed by atoms with Gasteiger partial charge in [-0.15, -0.1) is 0 Å². The maximum absolute atomic E-state index is 3.37. The summed E-state index contributed by atoms with van der Waals surface area (Å²) in [4.78, 5) is 0. The molecule has 3 aliphatic heterocycles. The highest BCUT2D eigenvalue weighted by Crippen LogP contribution is 2.57. The molecule has 0 fully saturated rings. The predicted octanol–water partition coefficient (Wildman–Crippen LogP) is 2.95. The quantitative estimate of drug-likeness (QED) is 0.382. The van der Waals surface area contributed by atoms with Crippen LogP contribution in [-0.4, -0.2) is 0 Å². The molecule has 2 heteroatoms. The van der Waals surface area contributed by atoms with E-state index in [9.17, 15) is 0 Å². The van der Waals surface area contributed by atoms with Gasteiger partial charge in [0.2, 0.25) is 0 Å². The van der Waals surface area contributed by atoms with E-state index in [0.717, 1.165) is 0 Å². The summed E-state index contributed by atoms with van der Waals surface area (Å²) >= 11 is 0. The van der Waals surface area contributed by atoms with Crippen molar-refractivity contribution in [3.8, 4) is 0 Å². The van der Waals surface area contributed by atoms with E-state index in [2.05, 4.69) is 34.9 Å². The van der Waals surface area contributed by atoms with Crippen LogP contribution in [0.25, 0.3) is 10.8 Å². The summed E-state index contributed by atoms with van der Waals surface area (Å²) in [7, 11) is 0. The molecule has 12 heavy (non-hydrogen) atoms. The normalized spacial score (nSPS) is 14.3. The molecule has 2 nitrogen and oxygen atoms in total. The molecule has 5 rings (SSSR count). The third-order valence-electron chi connectivity index (χ3n) is 2.62. The predicted molar refractivity (Wildman–Crippen MR) is 50.5 cm³/mol. The van der Waals surface area contributed by atoms with Gasteiger partial charge in [0.15, 0.2) is 0 Å². The van der Waals surface area contributed by atoms with Crippen LogP contribution in [0.5, 0.6) is 0 Å². The van der Waals surface area contributed by atoms with Crippen LogP contribution in [0.2, 0.25) is 0 Å². The highest BCUT2D eigenvalue weighted by atomic mass is 15.1. The standard InChI is InChI=1S/C10H6N2/c1-2-5-4-7-9-10(12-9)8(5)6(3-1)11-7/h1-4,11-12H. The molecular formula is C10H6N2. The van der Waals surface area contributed by atoms with Gasteiger partial charge in [-0.2, -0.15) is 0 Å². The Bertz CT molecular complexity index is 529. The van der Waals surface area contributed by atoms with Gasteiger partial charge >= 0.3 is 0 Å². The van der Waals surface area contributed by atoms with Gasteiger partial charge in [0.05, 0.1) is 17.1 Å². The average molecular weight is 154 g/mol. The molecule has 0 amide bonds. The van der Waals surface area contributed by atoms with Crippen molar-refractivity contribution in [2.24, 2.45) is 0 Å². The number of hydrogen-bond donors (Lipinski definition) is 2. The molecule has 0 aliphatic carbocycles. The number of benzene rings is 2. The number of anilines is 4. The van der Waals surface area contributed by atoms with Crippen LogP contribution in [0.4, 0.5) is 22.7 Å². The van der Waals surface area contributed by atoms with Crippen LogP contribution >= 0.6 is 0 Å². The van der Waals surface area contributed by atoms with Gasteiger partial charge in [-0.25, -0.2) is 0 Å². The lowest BCUT2D eigenvalue weighted by Crippen LogP contribution is -1.94. The summed E-state index contributed by atoms with van der Waals surface area (Å²) in [6, 6.07) is 8.56. The minimum atomic E-state index is 1.23. The summed E-state index contributed by atoms with van der Waals surface area (Å²) in [5.41, 5.74) is 5.09. The summed E-state index contributed by atoms with van der Waals surface area (Å²) < 4.78 is 0. The first-order valence-electron chi connectivity index (χ1n) is 4.07. The van der Waals surface area contributed by atoms with E-state index >= 15 is 0 Å². The number of rotatable bonds is 0. The van der Waals surface area contributed by atoms with Crippen molar-refractivity contribution in [1.82, 2.24) is 0 Å². The summed E-state index contributed by atoms with van der Waals surface area (Å²) in [6.45, 7) is 0. The van der Waals surface area contributed by atoms with Gasteiger partial charge in [0, 0.05) is 11.1 Å². The average Bonchev–Trinajstić information content (AvgIpc) is 2.81. The van der Waals surface area contributed by atoms with Crippen molar-refractivity contribution in [3.63, 3.8) is 0 Å². The van der Waals surface area contributed by atoms with Crippen LogP contribution in [0.3, 0.4) is 0 Å². The number of nitrogens with one attached hydrogen (secondary N) is 2. The molecular weight excluding hydrogens is 148 g/mol. The minimum Gasteiger partial charge on any atom is -0.353 e. The Labute approximate surface area is 69.2 Å². The lowest BCUT2D eigenvalue weighted by Gasteiger charge is -2.14. The lowest BCUT2D eigenvalue weighted by molar-refractivity contribution is 1.61. The topological polar surface area (TPSA) is 34.0 Å². The van der Waals surface area contributed by atoms with E-state index < -0.39 is 0 Å². The first-order valence-corrected chi connectivity index (χ1v) is 4.07. The lowest BCUT2D eigenvalue weighted by atomic mass is 10.0. The molecule has 0 saturated carbocycles. The van der Waals surface area contributed by atoms with Crippen molar-refractivity contribution in [3.05, 3.63) is 24.3 Å². The first-order chi connectivity index (χ1) is 5.93. The smallest absolute Gasteiger partial charge is 0.0870 e. The van der Waals surface area contributed by atoms with Crippen molar-refractivity contribution in [1.29, 1.82) is 0 Å². The summed E-state index contributed by atoms with van der Waals surface area (Å²) in [5, 5.41) is 9.35. The maximum atomic E-state index is 3.37. The largest absolute Gasteiger partial charge is 0.353 e. The molecule has 3 heterocycles. The second-order valence-corrected chi connectivity index (χ2v) is 3.33. The molecule has 2 N–H and O–H groups in total. The van der Waals surface area contributed by atoms with Crippen LogP contribution in [-0.2, 0) is 0 Å². The van der Waals surface area contributed by atoms with Gasteiger partial charge in [0.25, 0.3) is 0 Å². The van der Waals surface area contributed by atoms with Gasteiger partial charge < -0.3 is 10.6 Å². The number of hydrogen-bond acceptors (Lipinski definition) is 2. The van der Waals surface area contributed by atoms with E-state index in [1.165, 1.54) is 33.5 Å². The fraction of sp³-hybridized carbons (Fsp3) is 0. The van der Waals surface area contributed by atoms with Crippen LogP contribution in [0.15, 0.2) is 24.3 Å². The molecule has 0 spiro atoms. The Morgan fingerprint density at radius 3 is 2.75 bits per heavy atom. The van der Waals surface area contributed by atoms with Crippen molar-refractivity contribution >= 4 is 33.5 Å². The third kappa shape index (κ3) is 0.376. The Morgan fingerprint density at radius 1 is 0.917 bits per heavy atom. The Hall–Kier alpha value is -1.70. The van der Waals surface area contributed by atoms with Crippen LogP contribution in [0.1, 0.15) is 0 Å². The molecule has 0 unspecified atom stereocenters. The monoisotopic (exact) mass is 154 g/mol. The van der Waals surface area contributed by atoms with Gasteiger partial charge in [-0.1, -0.05) is 12.1 Å². The molecule has 2 aromatic carbocycles. The highest BCUT2D eigenvalue weighted by Gasteiger charge is 2.29. The van der Waals surface area contributed by atoms with Crippen molar-refractivity contribution < 1.29 is 0 Å². The van der Waals surface area contributed by atoms with E-state index in [0.29, 0.717) is 0 Å². The molecule has 2 aromatic rings. The van der Waals surface area contributed by atoms with Gasteiger partial charge in [-0.3, -0.25) is 0 Å². The van der Waals surface area contributed by atoms with E-state index in [1.54, 1.807) is 0 Å². The molecule has 0 aromatic heterocycles. The Morgan fingerprint density at radius 2 is 1.92 bits per heavy atom. The minimum absolute atomic E-state index is 1.23. The van der Waals surface area contributed by atoms with Crippen molar-refractivity contribution in [2.75, 3.05) is 10.6 Å². The molecule has 56 valence electrons. The molecule has 4 bridgehead atoms. The van der Waals surface area contributed by atoms with Gasteiger partial charge in [-0.05, 0) is 17.5 Å². The maximum Gasteiger partial charge on any atom is 0.0870 e. The second kappa shape index (κ2) is 1.29. The molecule has 0 radical (unpaired) electrons. The molecule has 0 saturated heterocycles. The zero-order valence-electron chi connectivity index (χ0n) is 6.31. The van der Waals surface area contributed by atoms with Gasteiger partial charge in [0.1, 0.15) is 0 Å². The SMILES string of the molecule is c1cc2c3c4c(c(cc3c1)N2)N4. The fourth-order valence-corrected chi connectivity index (χ4v) is 2.03. The molecule has 0 atom stereocenters. The first kappa shape index (κ1) is 5.04. The third-order valence-corrected chi connectivity index (χ3v) is 2.62. The Balaban J connectivity index is 2.45. The van der Waals surface area contributed by atoms with Crippen LogP contribution in [0, 0.1) is 0 Å². The fourth-order valence-electron chi connectivity index (χ4n) is 2.03.